The maximum Gasteiger partial charge on any atom is 0.490 e. The maximum atomic E-state index is 8.74. The predicted octanol–water partition coefficient (Wildman–Crippen LogP) is 7.15. The van der Waals surface area contributed by atoms with Crippen LogP contribution in [0.3, 0.4) is 0 Å². The van der Waals surface area contributed by atoms with Gasteiger partial charge in [0.1, 0.15) is 4.60 Å². The summed E-state index contributed by atoms with van der Waals surface area (Å²) >= 11 is 27.6. The second kappa shape index (κ2) is 19.2. The van der Waals surface area contributed by atoms with E-state index < -0.39 is 7.12 Å². The van der Waals surface area contributed by atoms with Crippen LogP contribution in [0.15, 0.2) is 65.8 Å². The van der Waals surface area contributed by atoms with E-state index >= 15 is 0 Å². The van der Waals surface area contributed by atoms with Crippen LogP contribution in [0.25, 0.3) is 22.6 Å². The lowest BCUT2D eigenvalue weighted by atomic mass is 9.73. The molecule has 0 aliphatic carbocycles. The summed E-state index contributed by atoms with van der Waals surface area (Å²) in [6.07, 6.45) is 11.9. The summed E-state index contributed by atoms with van der Waals surface area (Å²) in [6.45, 7) is 13.4. The smallest absolute Gasteiger partial charge is 0.423 e. The molecule has 8 heterocycles. The topological polar surface area (TPSA) is 178 Å². The van der Waals surface area contributed by atoms with Crippen LogP contribution in [-0.4, -0.2) is 110 Å². The van der Waals surface area contributed by atoms with Crippen molar-refractivity contribution in [3.05, 3.63) is 97.3 Å². The quantitative estimate of drug-likeness (QED) is 0.131. The minimum absolute atomic E-state index is 0.0743. The number of hydrogen-bond donors (Lipinski definition) is 4. The Morgan fingerprint density at radius 3 is 1.66 bits per heavy atom. The Kier molecular flexibility index (Phi) is 14.1. The number of fused-ring (bicyclic) bond motifs is 2. The molecule has 4 fully saturated rings. The molecule has 10 rings (SSSR count). The lowest BCUT2D eigenvalue weighted by Crippen LogP contribution is -2.50. The van der Waals surface area contributed by atoms with Gasteiger partial charge in [-0.05, 0) is 81.4 Å². The van der Waals surface area contributed by atoms with E-state index in [-0.39, 0.29) is 45.6 Å². The third-order valence-corrected chi connectivity index (χ3v) is 16.2. The van der Waals surface area contributed by atoms with Gasteiger partial charge in [0.15, 0.2) is 22.9 Å². The summed E-state index contributed by atoms with van der Waals surface area (Å²) in [4.78, 5) is 23.5. The van der Waals surface area contributed by atoms with Gasteiger partial charge in [0.2, 0.25) is 0 Å². The largest absolute Gasteiger partial charge is 0.490 e. The van der Waals surface area contributed by atoms with Crippen LogP contribution in [0.5, 0.6) is 0 Å². The van der Waals surface area contributed by atoms with Gasteiger partial charge < -0.3 is 40.8 Å². The Morgan fingerprint density at radius 1 is 0.703 bits per heavy atom. The summed E-state index contributed by atoms with van der Waals surface area (Å²) in [5.74, 6) is 1.86. The molecule has 0 radical (unpaired) electrons. The minimum atomic E-state index is -1.57. The molecule has 0 saturated carbocycles. The summed E-state index contributed by atoms with van der Waals surface area (Å²) in [5, 5.41) is 19.0. The Hall–Kier alpha value is -3.26. The van der Waals surface area contributed by atoms with Crippen LogP contribution in [-0.2, 0) is 9.47 Å². The first-order valence-corrected chi connectivity index (χ1v) is 23.7. The number of aryl methyl sites for hydroxylation is 2. The number of ether oxygens (including phenoxy) is 2. The van der Waals surface area contributed by atoms with E-state index in [1.54, 1.807) is 24.4 Å². The van der Waals surface area contributed by atoms with Crippen molar-refractivity contribution in [1.82, 2.24) is 28.7 Å². The molecule has 340 valence electrons. The number of piperidine rings is 2. The molecule has 4 aliphatic heterocycles. The van der Waals surface area contributed by atoms with E-state index in [4.69, 9.17) is 87.4 Å². The van der Waals surface area contributed by atoms with Crippen molar-refractivity contribution in [3.8, 4) is 11.3 Å². The van der Waals surface area contributed by atoms with Crippen molar-refractivity contribution < 1.29 is 19.5 Å². The number of benzene rings is 2. The number of hydrogen-bond acceptors (Lipinski definition) is 12. The van der Waals surface area contributed by atoms with Gasteiger partial charge in [-0.2, -0.15) is 0 Å². The summed E-state index contributed by atoms with van der Waals surface area (Å²) in [5.41, 5.74) is 18.7. The van der Waals surface area contributed by atoms with Crippen molar-refractivity contribution in [3.63, 3.8) is 0 Å². The van der Waals surface area contributed by atoms with Crippen LogP contribution in [0.1, 0.15) is 50.9 Å². The second-order valence-corrected chi connectivity index (χ2v) is 19.6. The van der Waals surface area contributed by atoms with Gasteiger partial charge in [0.05, 0.1) is 62.6 Å². The fourth-order valence-corrected chi connectivity index (χ4v) is 10.7. The SMILES string of the molecule is Cc1nc(N2CCC3(CC2)CO[C@@H](C)[C@H]3N)c2nccn2c1-c1cccc(Cl)c1Cl.Cc1nc(N2CCC3(CC2)CO[C@@H](C)[C@H]3N)c2nccn2c1Br.OB(O)c1cccc(Cl)c1Cl. The zero-order valence-electron chi connectivity index (χ0n) is 36.1. The standard InChI is InChI=1S/C22H25Cl2N5O.C16H22BrN5O.C6H5BCl2O2/c1-13-18(15-4-3-5-16(23)17(15)24)29-11-8-26-20(29)21(27-13)28-9-6-22(7-10-28)12-30-14(2)19(22)25;1-10-13(17)22-8-5-19-14(22)15(20-10)21-6-3-16(4-7-21)9-23-11(2)12(16)18;8-5-3-1-2-4(6(5)9)7(10)11/h3-5,8,11,14,19H,6-7,9-10,12,25H2,1-2H3;5,8,11-12H,3-4,6-7,9,18H2,1-2H3;1-3,10-11H/t14-,19+;11-,12+;/m00./s1. The molecule has 2 aromatic carbocycles. The minimum Gasteiger partial charge on any atom is -0.423 e. The van der Waals surface area contributed by atoms with E-state index in [0.717, 1.165) is 115 Å². The molecule has 0 bridgehead atoms. The predicted molar refractivity (Wildman–Crippen MR) is 259 cm³/mol. The van der Waals surface area contributed by atoms with Crippen LogP contribution in [0, 0.1) is 24.7 Å². The lowest BCUT2D eigenvalue weighted by molar-refractivity contribution is 0.0973. The number of nitrogens with two attached hydrogens (primary N) is 2. The van der Waals surface area contributed by atoms with Crippen LogP contribution in [0.4, 0.5) is 11.6 Å². The first kappa shape index (κ1) is 47.2. The third kappa shape index (κ3) is 8.85. The van der Waals surface area contributed by atoms with Gasteiger partial charge in [-0.3, -0.25) is 8.80 Å². The maximum absolute atomic E-state index is 8.74. The molecular weight excluding hydrogens is 965 g/mol. The highest BCUT2D eigenvalue weighted by molar-refractivity contribution is 9.10. The first-order chi connectivity index (χ1) is 30.6. The van der Waals surface area contributed by atoms with Crippen LogP contribution < -0.4 is 26.7 Å². The highest BCUT2D eigenvalue weighted by Crippen LogP contribution is 2.44. The molecule has 0 amide bonds. The van der Waals surface area contributed by atoms with E-state index in [9.17, 15) is 0 Å². The van der Waals surface area contributed by atoms with Crippen molar-refractivity contribution in [2.75, 3.05) is 49.2 Å². The molecule has 6 aromatic rings. The Bertz CT molecular complexity index is 2640. The van der Waals surface area contributed by atoms with Gasteiger partial charge in [-0.15, -0.1) is 0 Å². The molecular formula is C44H52BBrCl4N10O4. The molecule has 6 N–H and O–H groups in total. The van der Waals surface area contributed by atoms with Crippen molar-refractivity contribution in [2.24, 2.45) is 22.3 Å². The van der Waals surface area contributed by atoms with Crippen molar-refractivity contribution in [1.29, 1.82) is 0 Å². The van der Waals surface area contributed by atoms with Gasteiger partial charge in [0.25, 0.3) is 0 Å². The van der Waals surface area contributed by atoms with Gasteiger partial charge in [-0.1, -0.05) is 70.7 Å². The summed E-state index contributed by atoms with van der Waals surface area (Å²) in [6, 6.07) is 10.6. The Morgan fingerprint density at radius 2 is 1.17 bits per heavy atom. The molecule has 4 atom stereocenters. The molecule has 4 aromatic heterocycles. The molecule has 4 aliphatic rings. The highest BCUT2D eigenvalue weighted by atomic mass is 79.9. The highest BCUT2D eigenvalue weighted by Gasteiger charge is 2.49. The van der Waals surface area contributed by atoms with Crippen LogP contribution in [0.2, 0.25) is 20.1 Å². The first-order valence-electron chi connectivity index (χ1n) is 21.4. The van der Waals surface area contributed by atoms with E-state index in [0.29, 0.717) is 15.1 Å². The number of halogens is 5. The number of imidazole rings is 2. The lowest BCUT2D eigenvalue weighted by Gasteiger charge is -2.41. The average Bonchev–Trinajstić information content (AvgIpc) is 4.09. The zero-order valence-corrected chi connectivity index (χ0v) is 40.7. The fraction of sp³-hybridized carbons (Fsp3) is 0.455. The van der Waals surface area contributed by atoms with Crippen LogP contribution >= 0.6 is 62.3 Å². The van der Waals surface area contributed by atoms with Crippen molar-refractivity contribution in [2.45, 2.75) is 77.7 Å². The summed E-state index contributed by atoms with van der Waals surface area (Å²) in [7, 11) is -1.57. The van der Waals surface area contributed by atoms with Gasteiger partial charge in [0, 0.05) is 84.9 Å². The number of aromatic nitrogens is 6. The number of rotatable bonds is 4. The monoisotopic (exact) mass is 1010 g/mol. The normalized spacial score (nSPS) is 22.5. The van der Waals surface area contributed by atoms with Crippen molar-refractivity contribution >= 4 is 97.8 Å². The van der Waals surface area contributed by atoms with E-state index in [2.05, 4.69) is 58.3 Å². The summed E-state index contributed by atoms with van der Waals surface area (Å²) < 4.78 is 16.7. The molecule has 2 spiro atoms. The third-order valence-electron chi connectivity index (χ3n) is 13.6. The fourth-order valence-electron chi connectivity index (χ4n) is 9.57. The van der Waals surface area contributed by atoms with Gasteiger partial charge in [-0.25, -0.2) is 19.9 Å². The van der Waals surface area contributed by atoms with Gasteiger partial charge >= 0.3 is 7.12 Å². The molecule has 20 heteroatoms. The molecule has 4 saturated heterocycles. The molecule has 0 unspecified atom stereocenters. The zero-order chi connectivity index (χ0) is 45.7. The van der Waals surface area contributed by atoms with E-state index in [1.807, 2.05) is 44.6 Å². The molecule has 14 nitrogen and oxygen atoms in total. The Labute approximate surface area is 401 Å². The average molecular weight is 1020 g/mol. The van der Waals surface area contributed by atoms with E-state index in [1.165, 1.54) is 6.07 Å². The number of nitrogens with zero attached hydrogens (tertiary/aromatic N) is 8. The number of anilines is 2. The Balaban J connectivity index is 0.000000145. The molecule has 64 heavy (non-hydrogen) atoms. The second-order valence-electron chi connectivity index (χ2n) is 17.3.